The summed E-state index contributed by atoms with van der Waals surface area (Å²) in [6.07, 6.45) is 1.54. The van der Waals surface area contributed by atoms with Gasteiger partial charge in [-0.2, -0.15) is 20.1 Å². The van der Waals surface area contributed by atoms with Crippen molar-refractivity contribution < 1.29 is 14.2 Å². The van der Waals surface area contributed by atoms with E-state index in [1.807, 2.05) is 0 Å². The van der Waals surface area contributed by atoms with E-state index >= 15 is 0 Å². The van der Waals surface area contributed by atoms with Gasteiger partial charge in [0.15, 0.2) is 11.5 Å². The Morgan fingerprint density at radius 3 is 2.48 bits per heavy atom. The third-order valence-corrected chi connectivity index (χ3v) is 3.71. The molecular weight excluding hydrogens is 377 g/mol. The van der Waals surface area contributed by atoms with Crippen molar-refractivity contribution in [2.45, 2.75) is 0 Å². The van der Waals surface area contributed by atoms with Gasteiger partial charge >= 0.3 is 0 Å². The topological polar surface area (TPSA) is 108 Å². The molecule has 0 saturated carbocycles. The molecule has 9 nitrogen and oxygen atoms in total. The van der Waals surface area contributed by atoms with E-state index in [9.17, 15) is 9.50 Å². The fourth-order valence-electron chi connectivity index (χ4n) is 2.27. The van der Waals surface area contributed by atoms with E-state index in [-0.39, 0.29) is 23.5 Å². The van der Waals surface area contributed by atoms with Gasteiger partial charge in [0.2, 0.25) is 17.8 Å². The van der Waals surface area contributed by atoms with Crippen LogP contribution in [0.25, 0.3) is 0 Å². The van der Waals surface area contributed by atoms with Crippen molar-refractivity contribution in [2.75, 3.05) is 36.8 Å². The van der Waals surface area contributed by atoms with Crippen molar-refractivity contribution in [1.29, 1.82) is 0 Å². The van der Waals surface area contributed by atoms with Crippen molar-refractivity contribution in [1.82, 2.24) is 15.0 Å². The number of rotatable bonds is 7. The lowest BCUT2D eigenvalue weighted by atomic mass is 10.2. The summed E-state index contributed by atoms with van der Waals surface area (Å²) in [4.78, 5) is 14.6. The highest BCUT2D eigenvalue weighted by Gasteiger charge is 2.08. The lowest BCUT2D eigenvalue weighted by Crippen LogP contribution is -2.15. The Labute approximate surface area is 166 Å². The molecule has 0 bridgehead atoms. The van der Waals surface area contributed by atoms with E-state index in [2.05, 4.69) is 30.8 Å². The van der Waals surface area contributed by atoms with Crippen molar-refractivity contribution in [3.8, 4) is 11.5 Å². The van der Waals surface area contributed by atoms with E-state index in [0.29, 0.717) is 22.9 Å². The van der Waals surface area contributed by atoms with Gasteiger partial charge in [-0.1, -0.05) is 0 Å². The summed E-state index contributed by atoms with van der Waals surface area (Å²) in [7, 11) is 5.07. The van der Waals surface area contributed by atoms with Crippen LogP contribution in [-0.2, 0) is 0 Å². The number of benzene rings is 2. The Bertz CT molecular complexity index is 1010. The number of methoxy groups -OCH3 is 1. The quantitative estimate of drug-likeness (QED) is 0.413. The number of aromatic hydroxyl groups is 1. The summed E-state index contributed by atoms with van der Waals surface area (Å²) in [5, 5.41) is 16.8. The first-order chi connectivity index (χ1) is 13.9. The average Bonchev–Trinajstić information content (AvgIpc) is 2.71. The normalized spacial score (nSPS) is 10.8. The number of aromatic nitrogens is 3. The number of hydrazone groups is 1. The second-order valence-electron chi connectivity index (χ2n) is 6.11. The fraction of sp³-hybridized carbons (Fsp3) is 0.158. The molecule has 0 saturated heterocycles. The first kappa shape index (κ1) is 19.8. The molecule has 29 heavy (non-hydrogen) atoms. The van der Waals surface area contributed by atoms with Crippen molar-refractivity contribution >= 4 is 29.7 Å². The van der Waals surface area contributed by atoms with Crippen molar-refractivity contribution in [3.05, 3.63) is 53.8 Å². The molecule has 0 aliphatic carbocycles. The van der Waals surface area contributed by atoms with Gasteiger partial charge in [0.05, 0.1) is 13.3 Å². The molecular formula is C19H20FN7O2. The maximum Gasteiger partial charge on any atom is 0.250 e. The van der Waals surface area contributed by atoms with E-state index < -0.39 is 0 Å². The highest BCUT2D eigenvalue weighted by molar-refractivity contribution is 5.81. The summed E-state index contributed by atoms with van der Waals surface area (Å²) in [5.74, 6) is 0.961. The first-order valence-electron chi connectivity index (χ1n) is 8.56. The average molecular weight is 397 g/mol. The molecule has 3 aromatic rings. The molecule has 3 N–H and O–H groups in total. The Balaban J connectivity index is 1.79. The molecule has 0 spiro atoms. The number of anilines is 4. The molecule has 10 heteroatoms. The number of halogens is 1. The van der Waals surface area contributed by atoms with Crippen LogP contribution in [0.5, 0.6) is 11.5 Å². The SMILES string of the molecule is COc1cc(/C=N/Nc2nc(Nc3ccc(F)cc3)nc(N(C)C)n2)ccc1O. The van der Waals surface area contributed by atoms with Crippen LogP contribution in [0.4, 0.5) is 27.9 Å². The minimum absolute atomic E-state index is 0.0437. The largest absolute Gasteiger partial charge is 0.504 e. The van der Waals surface area contributed by atoms with Crippen LogP contribution in [0.2, 0.25) is 0 Å². The number of phenols is 1. The van der Waals surface area contributed by atoms with Crippen LogP contribution in [0.1, 0.15) is 5.56 Å². The lowest BCUT2D eigenvalue weighted by molar-refractivity contribution is 0.373. The number of nitrogens with zero attached hydrogens (tertiary/aromatic N) is 5. The summed E-state index contributed by atoms with van der Waals surface area (Å²) in [6, 6.07) is 10.7. The summed E-state index contributed by atoms with van der Waals surface area (Å²) < 4.78 is 18.2. The number of nitrogens with one attached hydrogen (secondary N) is 2. The van der Waals surface area contributed by atoms with Crippen LogP contribution in [-0.4, -0.2) is 47.5 Å². The number of hydrogen-bond acceptors (Lipinski definition) is 9. The molecule has 1 heterocycles. The van der Waals surface area contributed by atoms with Crippen LogP contribution in [0.15, 0.2) is 47.6 Å². The number of phenolic OH excluding ortho intramolecular Hbond substituents is 1. The lowest BCUT2D eigenvalue weighted by Gasteiger charge is -2.13. The van der Waals surface area contributed by atoms with Crippen LogP contribution in [0.3, 0.4) is 0 Å². The molecule has 0 fully saturated rings. The van der Waals surface area contributed by atoms with Crippen LogP contribution >= 0.6 is 0 Å². The molecule has 1 aromatic heterocycles. The smallest absolute Gasteiger partial charge is 0.250 e. The number of hydrogen-bond donors (Lipinski definition) is 3. The maximum absolute atomic E-state index is 13.1. The van der Waals surface area contributed by atoms with Crippen molar-refractivity contribution in [2.24, 2.45) is 5.10 Å². The Kier molecular flexibility index (Phi) is 6.03. The predicted octanol–water partition coefficient (Wildman–Crippen LogP) is 2.98. The molecule has 0 amide bonds. The van der Waals surface area contributed by atoms with E-state index in [4.69, 9.17) is 4.74 Å². The van der Waals surface area contributed by atoms with Gasteiger partial charge < -0.3 is 20.1 Å². The summed E-state index contributed by atoms with van der Waals surface area (Å²) >= 11 is 0. The standard InChI is InChI=1S/C19H20FN7O2/c1-27(2)19-24-17(22-14-7-5-13(20)6-8-14)23-18(25-19)26-21-11-12-4-9-15(28)16(10-12)29-3/h4-11,28H,1-3H3,(H2,22,23,24,25,26)/b21-11+. The minimum atomic E-state index is -0.331. The van der Waals surface area contributed by atoms with Gasteiger partial charge in [-0.3, -0.25) is 0 Å². The Morgan fingerprint density at radius 1 is 1.07 bits per heavy atom. The predicted molar refractivity (Wildman–Crippen MR) is 110 cm³/mol. The van der Waals surface area contributed by atoms with E-state index in [1.54, 1.807) is 43.3 Å². The third-order valence-electron chi connectivity index (χ3n) is 3.71. The number of ether oxygens (including phenoxy) is 1. The zero-order valence-corrected chi connectivity index (χ0v) is 16.1. The van der Waals surface area contributed by atoms with Gasteiger partial charge in [-0.15, -0.1) is 0 Å². The van der Waals surface area contributed by atoms with Crippen molar-refractivity contribution in [3.63, 3.8) is 0 Å². The van der Waals surface area contributed by atoms with Gasteiger partial charge in [0.25, 0.3) is 0 Å². The summed E-state index contributed by atoms with van der Waals surface area (Å²) in [6.45, 7) is 0. The zero-order chi connectivity index (χ0) is 20.8. The highest BCUT2D eigenvalue weighted by Crippen LogP contribution is 2.25. The molecule has 0 unspecified atom stereocenters. The molecule has 150 valence electrons. The molecule has 3 rings (SSSR count). The second-order valence-corrected chi connectivity index (χ2v) is 6.11. The summed E-state index contributed by atoms with van der Waals surface area (Å²) in [5.41, 5.74) is 4.09. The Hall–Kier alpha value is -3.95. The van der Waals surface area contributed by atoms with Gasteiger partial charge in [-0.25, -0.2) is 9.82 Å². The van der Waals surface area contributed by atoms with Crippen LogP contribution in [0, 0.1) is 5.82 Å². The van der Waals surface area contributed by atoms with Crippen LogP contribution < -0.4 is 20.4 Å². The molecule has 0 aliphatic rings. The van der Waals surface area contributed by atoms with Gasteiger partial charge in [-0.05, 0) is 48.0 Å². The highest BCUT2D eigenvalue weighted by atomic mass is 19.1. The van der Waals surface area contributed by atoms with E-state index in [0.717, 1.165) is 0 Å². The molecule has 0 radical (unpaired) electrons. The Morgan fingerprint density at radius 2 is 1.79 bits per heavy atom. The van der Waals surface area contributed by atoms with Gasteiger partial charge in [0, 0.05) is 19.8 Å². The zero-order valence-electron chi connectivity index (χ0n) is 16.1. The fourth-order valence-corrected chi connectivity index (χ4v) is 2.27. The van der Waals surface area contributed by atoms with Gasteiger partial charge in [0.1, 0.15) is 5.82 Å². The maximum atomic E-state index is 13.1. The second kappa shape index (κ2) is 8.83. The minimum Gasteiger partial charge on any atom is -0.504 e. The molecule has 0 aliphatic heterocycles. The monoisotopic (exact) mass is 397 g/mol. The van der Waals surface area contributed by atoms with E-state index in [1.165, 1.54) is 31.5 Å². The third kappa shape index (κ3) is 5.28. The first-order valence-corrected chi connectivity index (χ1v) is 8.56. The molecule has 2 aromatic carbocycles. The molecule has 0 atom stereocenters.